The fraction of sp³-hybridized carbons (Fsp3) is 0.769. The molecule has 1 saturated carbocycles. The predicted molar refractivity (Wildman–Crippen MR) is 67.3 cm³/mol. The number of amides is 2. The molecule has 2 aliphatic rings. The number of hydrogen-bond acceptors (Lipinski definition) is 3. The van der Waals surface area contributed by atoms with Crippen LogP contribution in [0, 0.1) is 11.8 Å². The second-order valence-corrected chi connectivity index (χ2v) is 5.57. The van der Waals surface area contributed by atoms with Crippen LogP contribution in [0.1, 0.15) is 32.1 Å². The summed E-state index contributed by atoms with van der Waals surface area (Å²) in [7, 11) is 1.70. The van der Waals surface area contributed by atoms with Gasteiger partial charge in [-0.05, 0) is 25.7 Å². The molecule has 0 radical (unpaired) electrons. The lowest BCUT2D eigenvalue weighted by Crippen LogP contribution is -2.42. The molecule has 0 aromatic rings. The lowest BCUT2D eigenvalue weighted by atomic mass is 9.86. The Bertz CT molecular complexity index is 388. The van der Waals surface area contributed by atoms with Crippen molar-refractivity contribution in [1.29, 1.82) is 0 Å². The second kappa shape index (κ2) is 5.59. The van der Waals surface area contributed by atoms with Crippen molar-refractivity contribution in [3.8, 4) is 0 Å². The Labute approximate surface area is 112 Å². The summed E-state index contributed by atoms with van der Waals surface area (Å²) in [6.07, 6.45) is 2.93. The number of rotatable bonds is 3. The summed E-state index contributed by atoms with van der Waals surface area (Å²) in [5.41, 5.74) is 0. The number of carbonyl (C=O) groups excluding carboxylic acids is 2. The minimum atomic E-state index is -0.743. The average Bonchev–Trinajstić information content (AvgIpc) is 2.70. The van der Waals surface area contributed by atoms with E-state index >= 15 is 0 Å². The number of carbonyl (C=O) groups is 3. The third kappa shape index (κ3) is 3.24. The van der Waals surface area contributed by atoms with Gasteiger partial charge in [-0.2, -0.15) is 0 Å². The zero-order valence-electron chi connectivity index (χ0n) is 11.1. The molecule has 1 aliphatic heterocycles. The van der Waals surface area contributed by atoms with Gasteiger partial charge in [0.2, 0.25) is 11.8 Å². The van der Waals surface area contributed by atoms with Crippen molar-refractivity contribution in [2.45, 2.75) is 38.1 Å². The summed E-state index contributed by atoms with van der Waals surface area (Å²) in [4.78, 5) is 35.8. The van der Waals surface area contributed by atoms with Gasteiger partial charge >= 0.3 is 5.97 Å². The number of nitrogens with one attached hydrogen (secondary N) is 1. The first-order valence-electron chi connectivity index (χ1n) is 6.74. The van der Waals surface area contributed by atoms with Crippen molar-refractivity contribution in [2.24, 2.45) is 11.8 Å². The minimum absolute atomic E-state index is 0.00901. The molecule has 6 heteroatoms. The number of carboxylic acid groups (broad SMARTS) is 1. The van der Waals surface area contributed by atoms with E-state index in [1.165, 1.54) is 0 Å². The van der Waals surface area contributed by atoms with Crippen LogP contribution in [-0.2, 0) is 14.4 Å². The van der Waals surface area contributed by atoms with Gasteiger partial charge in [0.25, 0.3) is 0 Å². The van der Waals surface area contributed by atoms with Crippen LogP contribution in [0.2, 0.25) is 0 Å². The fourth-order valence-electron chi connectivity index (χ4n) is 2.84. The maximum atomic E-state index is 12.0. The topological polar surface area (TPSA) is 86.7 Å². The molecule has 1 unspecified atom stereocenters. The zero-order chi connectivity index (χ0) is 14.0. The molecule has 1 atom stereocenters. The van der Waals surface area contributed by atoms with E-state index in [-0.39, 0.29) is 36.1 Å². The molecule has 106 valence electrons. The Kier molecular flexibility index (Phi) is 4.07. The van der Waals surface area contributed by atoms with Crippen LogP contribution in [0.3, 0.4) is 0 Å². The van der Waals surface area contributed by atoms with Crippen LogP contribution in [-0.4, -0.2) is 47.4 Å². The lowest BCUT2D eigenvalue weighted by Gasteiger charge is -2.27. The fourth-order valence-corrected chi connectivity index (χ4v) is 2.84. The average molecular weight is 268 g/mol. The van der Waals surface area contributed by atoms with E-state index in [4.69, 9.17) is 5.11 Å². The third-order valence-corrected chi connectivity index (χ3v) is 4.13. The van der Waals surface area contributed by atoms with Crippen molar-refractivity contribution < 1.29 is 19.5 Å². The van der Waals surface area contributed by atoms with Gasteiger partial charge in [-0.1, -0.05) is 0 Å². The maximum absolute atomic E-state index is 12.0. The van der Waals surface area contributed by atoms with Crippen molar-refractivity contribution in [2.75, 3.05) is 13.6 Å². The summed E-state index contributed by atoms with van der Waals surface area (Å²) in [6, 6.07) is 0.0594. The van der Waals surface area contributed by atoms with Crippen molar-refractivity contribution in [3.63, 3.8) is 0 Å². The van der Waals surface area contributed by atoms with Gasteiger partial charge in [-0.15, -0.1) is 0 Å². The first-order chi connectivity index (χ1) is 8.97. The maximum Gasteiger partial charge on any atom is 0.306 e. The first kappa shape index (κ1) is 13.8. The van der Waals surface area contributed by atoms with Crippen LogP contribution in [0.5, 0.6) is 0 Å². The standard InChI is InChI=1S/C13H20N2O4/c1-15-7-9(6-11(15)16)12(17)14-10-4-2-8(3-5-10)13(18)19/h8-10H,2-7H2,1H3,(H,14,17)(H,18,19). The third-order valence-electron chi connectivity index (χ3n) is 4.13. The van der Waals surface area contributed by atoms with E-state index in [9.17, 15) is 14.4 Å². The number of likely N-dealkylation sites (tertiary alicyclic amines) is 1. The molecule has 2 rings (SSSR count). The van der Waals surface area contributed by atoms with E-state index < -0.39 is 5.97 Å². The molecule has 6 nitrogen and oxygen atoms in total. The molecule has 1 saturated heterocycles. The number of aliphatic carboxylic acids is 1. The van der Waals surface area contributed by atoms with E-state index in [1.54, 1.807) is 11.9 Å². The smallest absolute Gasteiger partial charge is 0.306 e. The van der Waals surface area contributed by atoms with Gasteiger partial charge in [0.05, 0.1) is 11.8 Å². The van der Waals surface area contributed by atoms with Crippen LogP contribution < -0.4 is 5.32 Å². The van der Waals surface area contributed by atoms with Gasteiger partial charge in [-0.25, -0.2) is 0 Å². The molecule has 0 bridgehead atoms. The zero-order valence-corrected chi connectivity index (χ0v) is 11.1. The van der Waals surface area contributed by atoms with Gasteiger partial charge in [0.1, 0.15) is 0 Å². The molecule has 1 aliphatic carbocycles. The van der Waals surface area contributed by atoms with Gasteiger partial charge in [0.15, 0.2) is 0 Å². The van der Waals surface area contributed by atoms with Crippen LogP contribution in [0.25, 0.3) is 0 Å². The molecule has 1 heterocycles. The van der Waals surface area contributed by atoms with Crippen LogP contribution >= 0.6 is 0 Å². The summed E-state index contributed by atoms with van der Waals surface area (Å²) in [5.74, 6) is -1.33. The highest BCUT2D eigenvalue weighted by atomic mass is 16.4. The Balaban J connectivity index is 1.78. The monoisotopic (exact) mass is 268 g/mol. The van der Waals surface area contributed by atoms with Gasteiger partial charge in [0, 0.05) is 26.1 Å². The number of carboxylic acids is 1. The Morgan fingerprint density at radius 2 is 1.84 bits per heavy atom. The molecule has 19 heavy (non-hydrogen) atoms. The Hall–Kier alpha value is -1.59. The van der Waals surface area contributed by atoms with Gasteiger partial charge < -0.3 is 15.3 Å². The largest absolute Gasteiger partial charge is 0.481 e. The highest BCUT2D eigenvalue weighted by Crippen LogP contribution is 2.25. The highest BCUT2D eigenvalue weighted by Gasteiger charge is 2.34. The van der Waals surface area contributed by atoms with Crippen molar-refractivity contribution >= 4 is 17.8 Å². The van der Waals surface area contributed by atoms with E-state index in [1.807, 2.05) is 0 Å². The van der Waals surface area contributed by atoms with Crippen molar-refractivity contribution in [1.82, 2.24) is 10.2 Å². The summed E-state index contributed by atoms with van der Waals surface area (Å²) in [5, 5.41) is 11.9. The summed E-state index contributed by atoms with van der Waals surface area (Å²) >= 11 is 0. The molecule has 2 amide bonds. The lowest BCUT2D eigenvalue weighted by molar-refractivity contribution is -0.143. The molecule has 0 spiro atoms. The molecular weight excluding hydrogens is 248 g/mol. The van der Waals surface area contributed by atoms with E-state index in [0.29, 0.717) is 32.2 Å². The van der Waals surface area contributed by atoms with E-state index in [2.05, 4.69) is 5.32 Å². The first-order valence-corrected chi connectivity index (χ1v) is 6.74. The van der Waals surface area contributed by atoms with Crippen LogP contribution in [0.4, 0.5) is 0 Å². The SMILES string of the molecule is CN1CC(C(=O)NC2CCC(C(=O)O)CC2)CC1=O. The summed E-state index contributed by atoms with van der Waals surface area (Å²) < 4.78 is 0. The molecule has 0 aromatic carbocycles. The van der Waals surface area contributed by atoms with Gasteiger partial charge in [-0.3, -0.25) is 14.4 Å². The molecule has 2 N–H and O–H groups in total. The minimum Gasteiger partial charge on any atom is -0.481 e. The second-order valence-electron chi connectivity index (χ2n) is 5.57. The highest BCUT2D eigenvalue weighted by molar-refractivity contribution is 5.89. The van der Waals surface area contributed by atoms with E-state index in [0.717, 1.165) is 0 Å². The number of hydrogen-bond donors (Lipinski definition) is 2. The Morgan fingerprint density at radius 3 is 2.32 bits per heavy atom. The molecule has 2 fully saturated rings. The normalized spacial score (nSPS) is 31.3. The summed E-state index contributed by atoms with van der Waals surface area (Å²) in [6.45, 7) is 0.481. The number of nitrogens with zero attached hydrogens (tertiary/aromatic N) is 1. The quantitative estimate of drug-likeness (QED) is 0.767. The predicted octanol–water partition coefficient (Wildman–Crippen LogP) is 0.224. The molecular formula is C13H20N2O4. The van der Waals surface area contributed by atoms with Crippen molar-refractivity contribution in [3.05, 3.63) is 0 Å². The van der Waals surface area contributed by atoms with Crippen LogP contribution in [0.15, 0.2) is 0 Å². The Morgan fingerprint density at radius 1 is 1.21 bits per heavy atom. The molecule has 0 aromatic heterocycles.